The lowest BCUT2D eigenvalue weighted by Gasteiger charge is -2.26. The van der Waals surface area contributed by atoms with Gasteiger partial charge in [-0.25, -0.2) is 19.7 Å². The van der Waals surface area contributed by atoms with Crippen molar-refractivity contribution in [1.82, 2.24) is 19.9 Å². The third kappa shape index (κ3) is 2.91. The van der Waals surface area contributed by atoms with Crippen LogP contribution in [0.25, 0.3) is 22.3 Å². The molecule has 2 N–H and O–H groups in total. The highest BCUT2D eigenvalue weighted by molar-refractivity contribution is 5.91. The minimum absolute atomic E-state index is 0.464. The first kappa shape index (κ1) is 15.2. The SMILES string of the molecule is NC(=O)N1CCCc2cc(-c3cncc(-c4cncnc4)c3)cnc21. The van der Waals surface area contributed by atoms with E-state index in [1.165, 1.54) is 11.2 Å². The molecule has 0 spiro atoms. The molecule has 25 heavy (non-hydrogen) atoms. The highest BCUT2D eigenvalue weighted by atomic mass is 16.2. The molecule has 0 aliphatic carbocycles. The Hall–Kier alpha value is -3.35. The third-order valence-corrected chi connectivity index (χ3v) is 4.26. The van der Waals surface area contributed by atoms with E-state index >= 15 is 0 Å². The fourth-order valence-electron chi connectivity index (χ4n) is 3.04. The molecule has 0 saturated carbocycles. The first-order valence-corrected chi connectivity index (χ1v) is 7.99. The van der Waals surface area contributed by atoms with Crippen molar-refractivity contribution in [2.75, 3.05) is 11.4 Å². The first-order chi connectivity index (χ1) is 12.2. The average Bonchev–Trinajstić information content (AvgIpc) is 2.68. The van der Waals surface area contributed by atoms with Crippen molar-refractivity contribution in [3.8, 4) is 22.3 Å². The number of hydrogen-bond donors (Lipinski definition) is 1. The summed E-state index contributed by atoms with van der Waals surface area (Å²) in [6.45, 7) is 0.611. The fraction of sp³-hybridized carbons (Fsp3) is 0.167. The summed E-state index contributed by atoms with van der Waals surface area (Å²) in [7, 11) is 0. The molecule has 0 aromatic carbocycles. The van der Waals surface area contributed by atoms with Crippen LogP contribution in [-0.4, -0.2) is 32.5 Å². The molecule has 1 aliphatic rings. The number of amides is 2. The lowest BCUT2D eigenvalue weighted by Crippen LogP contribution is -2.40. The summed E-state index contributed by atoms with van der Waals surface area (Å²) in [5, 5.41) is 0. The molecule has 2 amide bonds. The van der Waals surface area contributed by atoms with Crippen molar-refractivity contribution in [2.24, 2.45) is 5.73 Å². The minimum Gasteiger partial charge on any atom is -0.351 e. The van der Waals surface area contributed by atoms with E-state index in [9.17, 15) is 4.79 Å². The summed E-state index contributed by atoms with van der Waals surface area (Å²) in [6, 6.07) is 3.62. The highest BCUT2D eigenvalue weighted by Gasteiger charge is 2.22. The maximum absolute atomic E-state index is 11.6. The van der Waals surface area contributed by atoms with Gasteiger partial charge in [0.25, 0.3) is 0 Å². The Labute approximate surface area is 144 Å². The van der Waals surface area contributed by atoms with Gasteiger partial charge in [-0.1, -0.05) is 0 Å². The summed E-state index contributed by atoms with van der Waals surface area (Å²) in [6.07, 6.45) is 12.1. The number of pyridine rings is 2. The van der Waals surface area contributed by atoms with Gasteiger partial charge < -0.3 is 5.73 Å². The van der Waals surface area contributed by atoms with Crippen molar-refractivity contribution in [2.45, 2.75) is 12.8 Å². The number of nitrogens with two attached hydrogens (primary N) is 1. The molecule has 0 radical (unpaired) electrons. The Morgan fingerprint density at radius 3 is 2.36 bits per heavy atom. The quantitative estimate of drug-likeness (QED) is 0.777. The predicted molar refractivity (Wildman–Crippen MR) is 93.7 cm³/mol. The van der Waals surface area contributed by atoms with E-state index in [-0.39, 0.29) is 0 Å². The maximum atomic E-state index is 11.6. The van der Waals surface area contributed by atoms with E-state index in [2.05, 4.69) is 26.0 Å². The van der Waals surface area contributed by atoms with E-state index in [0.29, 0.717) is 12.4 Å². The second kappa shape index (κ2) is 6.27. The van der Waals surface area contributed by atoms with Crippen molar-refractivity contribution in [1.29, 1.82) is 0 Å². The van der Waals surface area contributed by atoms with Gasteiger partial charge in [0.05, 0.1) is 0 Å². The van der Waals surface area contributed by atoms with Crippen LogP contribution in [0.15, 0.2) is 49.4 Å². The van der Waals surface area contributed by atoms with Crippen molar-refractivity contribution >= 4 is 11.8 Å². The molecule has 0 unspecified atom stereocenters. The van der Waals surface area contributed by atoms with E-state index < -0.39 is 6.03 Å². The Morgan fingerprint density at radius 2 is 1.60 bits per heavy atom. The molecule has 0 bridgehead atoms. The molecule has 124 valence electrons. The van der Waals surface area contributed by atoms with E-state index in [1.807, 2.05) is 6.07 Å². The van der Waals surface area contributed by atoms with Gasteiger partial charge in [0.1, 0.15) is 12.1 Å². The van der Waals surface area contributed by atoms with Crippen LogP contribution in [0.2, 0.25) is 0 Å². The normalized spacial score (nSPS) is 13.4. The molecule has 0 atom stereocenters. The van der Waals surface area contributed by atoms with Gasteiger partial charge in [-0.15, -0.1) is 0 Å². The number of urea groups is 1. The number of hydrogen-bond acceptors (Lipinski definition) is 5. The summed E-state index contributed by atoms with van der Waals surface area (Å²) in [5.74, 6) is 0.656. The van der Waals surface area contributed by atoms with Crippen LogP contribution < -0.4 is 10.6 Å². The summed E-state index contributed by atoms with van der Waals surface area (Å²) >= 11 is 0. The number of fused-ring (bicyclic) bond motifs is 1. The van der Waals surface area contributed by atoms with Crippen molar-refractivity contribution < 1.29 is 4.79 Å². The van der Waals surface area contributed by atoms with Crippen LogP contribution in [0.5, 0.6) is 0 Å². The van der Waals surface area contributed by atoms with Crippen molar-refractivity contribution in [3.05, 3.63) is 55.0 Å². The molecule has 4 heterocycles. The first-order valence-electron chi connectivity index (χ1n) is 7.99. The summed E-state index contributed by atoms with van der Waals surface area (Å²) < 4.78 is 0. The molecule has 3 aromatic heterocycles. The second-order valence-electron chi connectivity index (χ2n) is 5.89. The number of anilines is 1. The molecule has 4 rings (SSSR count). The smallest absolute Gasteiger partial charge is 0.320 e. The molecule has 0 fully saturated rings. The van der Waals surface area contributed by atoms with Gasteiger partial charge in [0, 0.05) is 59.8 Å². The lowest BCUT2D eigenvalue weighted by molar-refractivity contribution is 0.253. The number of carbonyl (C=O) groups excluding carboxylic acids is 1. The summed E-state index contributed by atoms with van der Waals surface area (Å²) in [4.78, 5) is 30.0. The zero-order valence-electron chi connectivity index (χ0n) is 13.5. The van der Waals surface area contributed by atoms with Crippen LogP contribution in [0.4, 0.5) is 10.6 Å². The molecule has 1 aliphatic heterocycles. The van der Waals surface area contributed by atoms with Gasteiger partial charge in [0.15, 0.2) is 0 Å². The number of carbonyl (C=O) groups is 1. The monoisotopic (exact) mass is 332 g/mol. The van der Waals surface area contributed by atoms with E-state index in [0.717, 1.165) is 40.7 Å². The number of aryl methyl sites for hydroxylation is 1. The zero-order valence-corrected chi connectivity index (χ0v) is 13.5. The Kier molecular flexibility index (Phi) is 3.81. The molecule has 0 saturated heterocycles. The van der Waals surface area contributed by atoms with Gasteiger partial charge in [-0.05, 0) is 30.5 Å². The van der Waals surface area contributed by atoms with Gasteiger partial charge in [0.2, 0.25) is 0 Å². The highest BCUT2D eigenvalue weighted by Crippen LogP contribution is 2.30. The van der Waals surface area contributed by atoms with Crippen molar-refractivity contribution in [3.63, 3.8) is 0 Å². The second-order valence-corrected chi connectivity index (χ2v) is 5.89. The number of aromatic nitrogens is 4. The van der Waals surface area contributed by atoms with E-state index in [1.54, 1.807) is 31.0 Å². The van der Waals surface area contributed by atoms with Crippen LogP contribution in [0.3, 0.4) is 0 Å². The molecule has 3 aromatic rings. The Bertz CT molecular complexity index is 928. The maximum Gasteiger partial charge on any atom is 0.320 e. The molecular weight excluding hydrogens is 316 g/mol. The third-order valence-electron chi connectivity index (χ3n) is 4.26. The number of primary amides is 1. The lowest BCUT2D eigenvalue weighted by atomic mass is 10.00. The zero-order chi connectivity index (χ0) is 17.2. The van der Waals surface area contributed by atoms with E-state index in [4.69, 9.17) is 5.73 Å². The van der Waals surface area contributed by atoms with Gasteiger partial charge >= 0.3 is 6.03 Å². The molecule has 7 heteroatoms. The molecule has 7 nitrogen and oxygen atoms in total. The predicted octanol–water partition coefficient (Wildman–Crippen LogP) is 2.43. The standard InChI is InChI=1S/C18H16N6O/c19-18(25)24-3-1-2-12-4-15(10-23-17(12)24)13-5-14(7-20-6-13)16-8-21-11-22-9-16/h4-11H,1-3H2,(H2,19,25). The molecular formula is C18H16N6O. The van der Waals surface area contributed by atoms with Crippen LogP contribution in [-0.2, 0) is 6.42 Å². The Morgan fingerprint density at radius 1 is 0.920 bits per heavy atom. The topological polar surface area (TPSA) is 97.9 Å². The van der Waals surface area contributed by atoms with Crippen LogP contribution in [0, 0.1) is 0 Å². The van der Waals surface area contributed by atoms with Gasteiger partial charge in [-0.3, -0.25) is 9.88 Å². The van der Waals surface area contributed by atoms with Crippen LogP contribution >= 0.6 is 0 Å². The number of nitrogens with zero attached hydrogens (tertiary/aromatic N) is 5. The largest absolute Gasteiger partial charge is 0.351 e. The summed E-state index contributed by atoms with van der Waals surface area (Å²) in [5.41, 5.74) is 10.2. The fourth-order valence-corrected chi connectivity index (χ4v) is 3.04. The number of rotatable bonds is 2. The average molecular weight is 332 g/mol. The van der Waals surface area contributed by atoms with Gasteiger partial charge in [-0.2, -0.15) is 0 Å². The minimum atomic E-state index is -0.464. The van der Waals surface area contributed by atoms with Crippen LogP contribution in [0.1, 0.15) is 12.0 Å². The Balaban J connectivity index is 1.73.